The number of fused-ring (bicyclic) bond motifs is 2. The number of imidazole rings is 1. The van der Waals surface area contributed by atoms with E-state index in [0.717, 1.165) is 4.70 Å². The SMILES string of the molecule is COC(=O)Cn1c(=NC(=O)c2c(C)nc3ccccn23)sc2cc(OC)c(OC)cc21. The molecule has 0 atom stereocenters. The van der Waals surface area contributed by atoms with Crippen molar-refractivity contribution < 1.29 is 23.8 Å². The topological polar surface area (TPSA) is 96.4 Å². The highest BCUT2D eigenvalue weighted by molar-refractivity contribution is 7.16. The van der Waals surface area contributed by atoms with Crippen LogP contribution in [0.1, 0.15) is 16.2 Å². The Morgan fingerprint density at radius 3 is 2.58 bits per heavy atom. The quantitative estimate of drug-likeness (QED) is 0.443. The Kier molecular flexibility index (Phi) is 5.47. The van der Waals surface area contributed by atoms with Crippen LogP contribution in [0.5, 0.6) is 11.5 Å². The number of thiazole rings is 1. The Balaban J connectivity index is 1.93. The molecular formula is C21H20N4O5S. The smallest absolute Gasteiger partial charge is 0.325 e. The highest BCUT2D eigenvalue weighted by Gasteiger charge is 2.19. The minimum absolute atomic E-state index is 0.107. The van der Waals surface area contributed by atoms with Gasteiger partial charge in [0.05, 0.1) is 37.2 Å². The summed E-state index contributed by atoms with van der Waals surface area (Å²) in [7, 11) is 4.38. The standard InChI is InChI=1S/C21H20N4O5S/c1-12-19(24-8-6-5-7-17(24)22-12)20(27)23-21-25(11-18(26)30-4)13-9-14(28-2)15(29-3)10-16(13)31-21/h5-10H,11H2,1-4H3. The van der Waals surface area contributed by atoms with Crippen LogP contribution >= 0.6 is 11.3 Å². The van der Waals surface area contributed by atoms with Crippen molar-refractivity contribution in [3.8, 4) is 11.5 Å². The number of aryl methyl sites for hydroxylation is 1. The monoisotopic (exact) mass is 440 g/mol. The Morgan fingerprint density at radius 1 is 1.13 bits per heavy atom. The summed E-state index contributed by atoms with van der Waals surface area (Å²) in [6, 6.07) is 9.02. The van der Waals surface area contributed by atoms with Crippen LogP contribution in [0.2, 0.25) is 0 Å². The van der Waals surface area contributed by atoms with E-state index in [1.165, 1.54) is 25.6 Å². The van der Waals surface area contributed by atoms with E-state index in [9.17, 15) is 9.59 Å². The number of pyridine rings is 1. The van der Waals surface area contributed by atoms with Gasteiger partial charge >= 0.3 is 5.97 Å². The van der Waals surface area contributed by atoms with Gasteiger partial charge in [-0.15, -0.1) is 0 Å². The number of hydrogen-bond acceptors (Lipinski definition) is 7. The van der Waals surface area contributed by atoms with Crippen LogP contribution in [0.25, 0.3) is 15.9 Å². The lowest BCUT2D eigenvalue weighted by molar-refractivity contribution is -0.141. The van der Waals surface area contributed by atoms with Gasteiger partial charge in [0.25, 0.3) is 5.91 Å². The largest absolute Gasteiger partial charge is 0.493 e. The number of hydrogen-bond donors (Lipinski definition) is 0. The van der Waals surface area contributed by atoms with E-state index in [1.807, 2.05) is 18.2 Å². The number of carbonyl (C=O) groups excluding carboxylic acids is 2. The second-order valence-corrected chi connectivity index (χ2v) is 7.62. The second-order valence-electron chi connectivity index (χ2n) is 6.61. The molecule has 0 aliphatic carbocycles. The summed E-state index contributed by atoms with van der Waals surface area (Å²) in [6.07, 6.45) is 1.77. The first-order valence-corrected chi connectivity index (χ1v) is 10.1. The first-order valence-electron chi connectivity index (χ1n) is 9.31. The summed E-state index contributed by atoms with van der Waals surface area (Å²) in [5, 5.41) is 0. The van der Waals surface area contributed by atoms with Crippen LogP contribution < -0.4 is 14.3 Å². The molecule has 0 aliphatic rings. The van der Waals surface area contributed by atoms with Crippen molar-refractivity contribution in [3.63, 3.8) is 0 Å². The average molecular weight is 440 g/mol. The van der Waals surface area contributed by atoms with E-state index in [-0.39, 0.29) is 6.54 Å². The lowest BCUT2D eigenvalue weighted by Gasteiger charge is -2.09. The molecule has 0 aliphatic heterocycles. The number of nitrogens with zero attached hydrogens (tertiary/aromatic N) is 4. The zero-order valence-corrected chi connectivity index (χ0v) is 18.2. The van der Waals surface area contributed by atoms with Crippen LogP contribution in [-0.2, 0) is 16.1 Å². The van der Waals surface area contributed by atoms with Crippen LogP contribution in [-0.4, -0.2) is 47.2 Å². The molecule has 0 unspecified atom stereocenters. The predicted molar refractivity (Wildman–Crippen MR) is 115 cm³/mol. The molecule has 0 spiro atoms. The molecular weight excluding hydrogens is 420 g/mol. The molecule has 3 aromatic heterocycles. The Bertz CT molecular complexity index is 1380. The molecule has 160 valence electrons. The highest BCUT2D eigenvalue weighted by atomic mass is 32.1. The van der Waals surface area contributed by atoms with Crippen molar-refractivity contribution in [2.45, 2.75) is 13.5 Å². The lowest BCUT2D eigenvalue weighted by atomic mass is 10.3. The van der Waals surface area contributed by atoms with Crippen LogP contribution in [0, 0.1) is 6.92 Å². The summed E-state index contributed by atoms with van der Waals surface area (Å²) in [5.74, 6) is 0.119. The fraction of sp³-hybridized carbons (Fsp3) is 0.238. The number of methoxy groups -OCH3 is 3. The van der Waals surface area contributed by atoms with Gasteiger partial charge in [-0.25, -0.2) is 4.98 Å². The van der Waals surface area contributed by atoms with Crippen LogP contribution in [0.4, 0.5) is 0 Å². The normalized spacial score (nSPS) is 11.8. The predicted octanol–water partition coefficient (Wildman–Crippen LogP) is 2.59. The summed E-state index contributed by atoms with van der Waals surface area (Å²) in [5.41, 5.74) is 2.28. The van der Waals surface area contributed by atoms with E-state index >= 15 is 0 Å². The van der Waals surface area contributed by atoms with Crippen molar-refractivity contribution in [2.75, 3.05) is 21.3 Å². The number of benzene rings is 1. The lowest BCUT2D eigenvalue weighted by Crippen LogP contribution is -2.22. The van der Waals surface area contributed by atoms with E-state index in [2.05, 4.69) is 9.98 Å². The zero-order valence-electron chi connectivity index (χ0n) is 17.4. The molecule has 10 heteroatoms. The van der Waals surface area contributed by atoms with Gasteiger partial charge in [-0.1, -0.05) is 17.4 Å². The highest BCUT2D eigenvalue weighted by Crippen LogP contribution is 2.33. The molecule has 0 N–H and O–H groups in total. The molecule has 0 bridgehead atoms. The fourth-order valence-electron chi connectivity index (χ4n) is 3.34. The molecule has 1 aromatic carbocycles. The van der Waals surface area contributed by atoms with Gasteiger partial charge in [-0.2, -0.15) is 4.99 Å². The number of esters is 1. The minimum Gasteiger partial charge on any atom is -0.493 e. The van der Waals surface area contributed by atoms with E-state index in [0.29, 0.717) is 38.9 Å². The molecule has 0 radical (unpaired) electrons. The van der Waals surface area contributed by atoms with Crippen molar-refractivity contribution in [1.29, 1.82) is 0 Å². The maximum Gasteiger partial charge on any atom is 0.325 e. The third kappa shape index (κ3) is 3.66. The van der Waals surface area contributed by atoms with Gasteiger partial charge in [0, 0.05) is 18.3 Å². The Morgan fingerprint density at radius 2 is 1.87 bits per heavy atom. The van der Waals surface area contributed by atoms with Gasteiger partial charge in [0.2, 0.25) is 0 Å². The fourth-order valence-corrected chi connectivity index (χ4v) is 4.38. The van der Waals surface area contributed by atoms with Gasteiger partial charge in [-0.3, -0.25) is 14.0 Å². The minimum atomic E-state index is -0.464. The van der Waals surface area contributed by atoms with E-state index < -0.39 is 11.9 Å². The third-order valence-electron chi connectivity index (χ3n) is 4.81. The first-order chi connectivity index (χ1) is 15.0. The van der Waals surface area contributed by atoms with Crippen LogP contribution in [0.3, 0.4) is 0 Å². The third-order valence-corrected chi connectivity index (χ3v) is 5.85. The molecule has 3 heterocycles. The number of amides is 1. The van der Waals surface area contributed by atoms with Crippen molar-refractivity contribution in [2.24, 2.45) is 4.99 Å². The zero-order chi connectivity index (χ0) is 22.1. The summed E-state index contributed by atoms with van der Waals surface area (Å²) >= 11 is 1.26. The van der Waals surface area contributed by atoms with Crippen molar-refractivity contribution in [3.05, 3.63) is 52.7 Å². The second kappa shape index (κ2) is 8.23. The summed E-state index contributed by atoms with van der Waals surface area (Å²) < 4.78 is 19.7. The molecule has 9 nitrogen and oxygen atoms in total. The maximum absolute atomic E-state index is 13.1. The Hall–Kier alpha value is -3.66. The molecule has 4 aromatic rings. The van der Waals surface area contributed by atoms with Crippen molar-refractivity contribution in [1.82, 2.24) is 14.0 Å². The molecule has 4 rings (SSSR count). The van der Waals surface area contributed by atoms with Gasteiger partial charge in [0.1, 0.15) is 17.9 Å². The number of aromatic nitrogens is 3. The number of ether oxygens (including phenoxy) is 3. The van der Waals surface area contributed by atoms with Gasteiger partial charge in [-0.05, 0) is 19.1 Å². The number of carbonyl (C=O) groups is 2. The maximum atomic E-state index is 13.1. The molecule has 0 saturated heterocycles. The molecule has 0 saturated carbocycles. The summed E-state index contributed by atoms with van der Waals surface area (Å²) in [4.78, 5) is 34.3. The van der Waals surface area contributed by atoms with Gasteiger partial charge < -0.3 is 18.8 Å². The number of rotatable bonds is 5. The van der Waals surface area contributed by atoms with E-state index in [4.69, 9.17) is 14.2 Å². The molecule has 0 fully saturated rings. The average Bonchev–Trinajstić information content (AvgIpc) is 3.28. The molecule has 1 amide bonds. The Labute approximate surface area is 181 Å². The molecule has 31 heavy (non-hydrogen) atoms. The summed E-state index contributed by atoms with van der Waals surface area (Å²) in [6.45, 7) is 1.66. The van der Waals surface area contributed by atoms with Crippen LogP contribution in [0.15, 0.2) is 41.5 Å². The van der Waals surface area contributed by atoms with Gasteiger partial charge in [0.15, 0.2) is 16.3 Å². The van der Waals surface area contributed by atoms with Crippen molar-refractivity contribution >= 4 is 39.1 Å². The first kappa shape index (κ1) is 20.6. The van der Waals surface area contributed by atoms with E-state index in [1.54, 1.807) is 41.3 Å².